The average molecular weight is 269 g/mol. The van der Waals surface area contributed by atoms with Crippen LogP contribution in [0.25, 0.3) is 0 Å². The molecule has 1 aromatic rings. The lowest BCUT2D eigenvalue weighted by atomic mass is 9.99. The van der Waals surface area contributed by atoms with Crippen LogP contribution in [0.15, 0.2) is 18.2 Å². The molecule has 1 aromatic carbocycles. The number of benzene rings is 1. The first-order chi connectivity index (χ1) is 7.15. The van der Waals surface area contributed by atoms with Crippen molar-refractivity contribution >= 4 is 15.9 Å². The van der Waals surface area contributed by atoms with Gasteiger partial charge in [-0.1, -0.05) is 53.9 Å². The molecule has 0 fully saturated rings. The summed E-state index contributed by atoms with van der Waals surface area (Å²) < 4.78 is 0. The largest absolute Gasteiger partial charge is 0.0842 e. The van der Waals surface area contributed by atoms with Crippen LogP contribution >= 0.6 is 15.9 Å². The minimum atomic E-state index is 0.461. The van der Waals surface area contributed by atoms with E-state index in [2.05, 4.69) is 54.9 Å². The molecule has 84 valence electrons. The SMILES string of the molecule is CCCCCc1cc(C(C)Br)ccc1C. The monoisotopic (exact) mass is 268 g/mol. The molecule has 0 bridgehead atoms. The van der Waals surface area contributed by atoms with Gasteiger partial charge in [0, 0.05) is 4.83 Å². The summed E-state index contributed by atoms with van der Waals surface area (Å²) in [6.07, 6.45) is 5.19. The zero-order valence-electron chi connectivity index (χ0n) is 10.0. The summed E-state index contributed by atoms with van der Waals surface area (Å²) in [4.78, 5) is 0.461. The maximum absolute atomic E-state index is 3.62. The van der Waals surface area contributed by atoms with Crippen molar-refractivity contribution in [1.82, 2.24) is 0 Å². The van der Waals surface area contributed by atoms with Gasteiger partial charge in [-0.2, -0.15) is 0 Å². The van der Waals surface area contributed by atoms with E-state index in [0.717, 1.165) is 0 Å². The third kappa shape index (κ3) is 3.98. The minimum Gasteiger partial charge on any atom is -0.0842 e. The van der Waals surface area contributed by atoms with Crippen LogP contribution < -0.4 is 0 Å². The van der Waals surface area contributed by atoms with Crippen molar-refractivity contribution < 1.29 is 0 Å². The van der Waals surface area contributed by atoms with E-state index in [4.69, 9.17) is 0 Å². The molecule has 1 rings (SSSR count). The molecule has 0 aliphatic rings. The summed E-state index contributed by atoms with van der Waals surface area (Å²) in [6.45, 7) is 6.65. The maximum Gasteiger partial charge on any atom is 0.0367 e. The Labute approximate surface area is 102 Å². The smallest absolute Gasteiger partial charge is 0.0367 e. The van der Waals surface area contributed by atoms with Crippen molar-refractivity contribution in [2.45, 2.75) is 51.3 Å². The fourth-order valence-corrected chi connectivity index (χ4v) is 2.06. The quantitative estimate of drug-likeness (QED) is 0.510. The highest BCUT2D eigenvalue weighted by Gasteiger charge is 2.04. The molecule has 0 N–H and O–H groups in total. The van der Waals surface area contributed by atoms with Gasteiger partial charge in [0.25, 0.3) is 0 Å². The van der Waals surface area contributed by atoms with Crippen LogP contribution in [0.5, 0.6) is 0 Å². The summed E-state index contributed by atoms with van der Waals surface area (Å²) in [5.41, 5.74) is 4.35. The van der Waals surface area contributed by atoms with Crippen molar-refractivity contribution in [2.24, 2.45) is 0 Å². The van der Waals surface area contributed by atoms with Crippen LogP contribution in [0.3, 0.4) is 0 Å². The lowest BCUT2D eigenvalue weighted by Gasteiger charge is -2.10. The summed E-state index contributed by atoms with van der Waals surface area (Å²) in [5.74, 6) is 0. The van der Waals surface area contributed by atoms with Crippen LogP contribution in [0.1, 0.15) is 54.6 Å². The third-order valence-electron chi connectivity index (χ3n) is 2.88. The van der Waals surface area contributed by atoms with Crippen LogP contribution in [0, 0.1) is 6.92 Å². The van der Waals surface area contributed by atoms with Gasteiger partial charge < -0.3 is 0 Å². The zero-order valence-corrected chi connectivity index (χ0v) is 11.6. The molecule has 0 saturated heterocycles. The first-order valence-corrected chi connectivity index (χ1v) is 6.80. The molecule has 0 aromatic heterocycles. The van der Waals surface area contributed by atoms with E-state index in [0.29, 0.717) is 4.83 Å². The molecule has 0 heterocycles. The predicted octanol–water partition coefficient (Wildman–Crippen LogP) is 5.18. The molecule has 1 heteroatoms. The number of hydrogen-bond donors (Lipinski definition) is 0. The van der Waals surface area contributed by atoms with E-state index >= 15 is 0 Å². The van der Waals surface area contributed by atoms with Gasteiger partial charge in [-0.25, -0.2) is 0 Å². The van der Waals surface area contributed by atoms with E-state index in [-0.39, 0.29) is 0 Å². The zero-order chi connectivity index (χ0) is 11.3. The highest BCUT2D eigenvalue weighted by atomic mass is 79.9. The summed E-state index contributed by atoms with van der Waals surface area (Å²) >= 11 is 3.62. The lowest BCUT2D eigenvalue weighted by Crippen LogP contribution is -1.93. The van der Waals surface area contributed by atoms with Gasteiger partial charge in [0.2, 0.25) is 0 Å². The molecule has 0 radical (unpaired) electrons. The van der Waals surface area contributed by atoms with Crippen molar-refractivity contribution in [3.8, 4) is 0 Å². The number of unbranched alkanes of at least 4 members (excludes halogenated alkanes) is 2. The molecule has 1 atom stereocenters. The van der Waals surface area contributed by atoms with Gasteiger partial charge >= 0.3 is 0 Å². The van der Waals surface area contributed by atoms with E-state index in [1.54, 1.807) is 0 Å². The highest BCUT2D eigenvalue weighted by molar-refractivity contribution is 9.09. The second-order valence-corrected chi connectivity index (χ2v) is 5.63. The number of halogens is 1. The van der Waals surface area contributed by atoms with Gasteiger partial charge in [0.1, 0.15) is 0 Å². The number of hydrogen-bond acceptors (Lipinski definition) is 0. The Morgan fingerprint density at radius 1 is 1.27 bits per heavy atom. The lowest BCUT2D eigenvalue weighted by molar-refractivity contribution is 0.715. The van der Waals surface area contributed by atoms with Crippen molar-refractivity contribution in [1.29, 1.82) is 0 Å². The molecule has 0 nitrogen and oxygen atoms in total. The number of aryl methyl sites for hydroxylation is 2. The van der Waals surface area contributed by atoms with Gasteiger partial charge in [0.15, 0.2) is 0 Å². The van der Waals surface area contributed by atoms with Crippen molar-refractivity contribution in [3.05, 3.63) is 34.9 Å². The van der Waals surface area contributed by atoms with Crippen LogP contribution in [-0.4, -0.2) is 0 Å². The Kier molecular flexibility index (Phi) is 5.38. The summed E-state index contributed by atoms with van der Waals surface area (Å²) in [6, 6.07) is 6.82. The minimum absolute atomic E-state index is 0.461. The Bertz CT molecular complexity index is 302. The van der Waals surface area contributed by atoms with E-state index in [1.165, 1.54) is 42.4 Å². The van der Waals surface area contributed by atoms with Crippen LogP contribution in [0.4, 0.5) is 0 Å². The fraction of sp³-hybridized carbons (Fsp3) is 0.571. The Morgan fingerprint density at radius 2 is 2.00 bits per heavy atom. The number of rotatable bonds is 5. The molecule has 0 saturated carbocycles. The molecule has 0 aliphatic carbocycles. The molecule has 0 aliphatic heterocycles. The maximum atomic E-state index is 3.62. The van der Waals surface area contributed by atoms with Crippen molar-refractivity contribution in [2.75, 3.05) is 0 Å². The normalized spacial score (nSPS) is 12.8. The molecular formula is C14H21Br. The average Bonchev–Trinajstić information content (AvgIpc) is 2.20. The standard InChI is InChI=1S/C14H21Br/c1-4-5-6-7-13-10-14(12(3)15)9-8-11(13)2/h8-10,12H,4-7H2,1-3H3. The first-order valence-electron chi connectivity index (χ1n) is 5.88. The first kappa shape index (κ1) is 12.8. The highest BCUT2D eigenvalue weighted by Crippen LogP contribution is 2.24. The van der Waals surface area contributed by atoms with Gasteiger partial charge in [0.05, 0.1) is 0 Å². The molecular weight excluding hydrogens is 248 g/mol. The van der Waals surface area contributed by atoms with E-state index < -0.39 is 0 Å². The second-order valence-electron chi connectivity index (χ2n) is 4.26. The van der Waals surface area contributed by atoms with Gasteiger partial charge in [-0.05, 0) is 43.4 Å². The Morgan fingerprint density at radius 3 is 2.60 bits per heavy atom. The predicted molar refractivity (Wildman–Crippen MR) is 71.8 cm³/mol. The topological polar surface area (TPSA) is 0 Å². The van der Waals surface area contributed by atoms with E-state index in [9.17, 15) is 0 Å². The van der Waals surface area contributed by atoms with Gasteiger partial charge in [-0.15, -0.1) is 0 Å². The Balaban J connectivity index is 2.72. The fourth-order valence-electron chi connectivity index (χ4n) is 1.77. The van der Waals surface area contributed by atoms with Crippen molar-refractivity contribution in [3.63, 3.8) is 0 Å². The summed E-state index contributed by atoms with van der Waals surface area (Å²) in [7, 11) is 0. The number of alkyl halides is 1. The van der Waals surface area contributed by atoms with Crippen LogP contribution in [-0.2, 0) is 6.42 Å². The van der Waals surface area contributed by atoms with Crippen LogP contribution in [0.2, 0.25) is 0 Å². The molecule has 15 heavy (non-hydrogen) atoms. The third-order valence-corrected chi connectivity index (χ3v) is 3.41. The molecule has 0 spiro atoms. The molecule has 0 amide bonds. The van der Waals surface area contributed by atoms with Gasteiger partial charge in [-0.3, -0.25) is 0 Å². The van der Waals surface area contributed by atoms with E-state index in [1.807, 2.05) is 0 Å². The Hall–Kier alpha value is -0.300. The molecule has 1 unspecified atom stereocenters. The summed E-state index contributed by atoms with van der Waals surface area (Å²) in [5, 5.41) is 0. The second kappa shape index (κ2) is 6.32.